The average molecular weight is 350 g/mol. The topological polar surface area (TPSA) is 43.2 Å². The molecule has 1 aliphatic heterocycles. The Balaban J connectivity index is 2.07. The molecule has 0 spiro atoms. The molecular weight excluding hydrogens is 324 g/mol. The van der Waals surface area contributed by atoms with Gasteiger partial charge in [0.2, 0.25) is 0 Å². The van der Waals surface area contributed by atoms with Gasteiger partial charge in [0.05, 0.1) is 11.4 Å². The molecule has 0 amide bonds. The minimum atomic E-state index is 0.450. The summed E-state index contributed by atoms with van der Waals surface area (Å²) in [5.41, 5.74) is 8.76. The van der Waals surface area contributed by atoms with Gasteiger partial charge in [-0.2, -0.15) is 0 Å². The molecule has 0 saturated carbocycles. The molecular formula is C22H26N2O2. The van der Waals surface area contributed by atoms with E-state index in [0.717, 1.165) is 33.6 Å². The molecule has 0 radical (unpaired) electrons. The predicted octanol–water partition coefficient (Wildman–Crippen LogP) is 5.34. The van der Waals surface area contributed by atoms with Gasteiger partial charge in [-0.25, -0.2) is 9.98 Å². The molecule has 0 aliphatic carbocycles. The maximum Gasteiger partial charge on any atom is 0.278 e. The largest absolute Gasteiger partial charge is 0.470 e. The van der Waals surface area contributed by atoms with E-state index in [4.69, 9.17) is 19.5 Å². The second-order valence-electron chi connectivity index (χ2n) is 7.03. The van der Waals surface area contributed by atoms with Gasteiger partial charge in [-0.05, 0) is 63.8 Å². The normalized spacial score (nSPS) is 17.3. The van der Waals surface area contributed by atoms with Gasteiger partial charge in [-0.3, -0.25) is 0 Å². The van der Waals surface area contributed by atoms with Crippen molar-refractivity contribution in [3.63, 3.8) is 0 Å². The van der Waals surface area contributed by atoms with Crippen LogP contribution in [-0.2, 0) is 9.47 Å². The lowest BCUT2D eigenvalue weighted by molar-refractivity contribution is 0.173. The maximum atomic E-state index is 5.80. The van der Waals surface area contributed by atoms with E-state index in [1.54, 1.807) is 0 Å². The zero-order valence-electron chi connectivity index (χ0n) is 16.4. The molecule has 0 bridgehead atoms. The van der Waals surface area contributed by atoms with Gasteiger partial charge in [0, 0.05) is 0 Å². The quantitative estimate of drug-likeness (QED) is 0.733. The minimum absolute atomic E-state index is 0.450. The molecule has 1 saturated heterocycles. The van der Waals surface area contributed by atoms with Gasteiger partial charge in [0.25, 0.3) is 11.8 Å². The zero-order valence-corrected chi connectivity index (χ0v) is 16.4. The lowest BCUT2D eigenvalue weighted by Crippen LogP contribution is -2.29. The van der Waals surface area contributed by atoms with E-state index >= 15 is 0 Å². The first-order chi connectivity index (χ1) is 12.3. The van der Waals surface area contributed by atoms with Crippen LogP contribution in [0.25, 0.3) is 0 Å². The van der Waals surface area contributed by atoms with Crippen LogP contribution in [0.1, 0.15) is 33.4 Å². The SMILES string of the molecule is Cc1cc(C)c(N=C2OCCOC2=Nc2c(C)cc(C)cc2C)c(C)c1. The zero-order chi connectivity index (χ0) is 18.8. The molecule has 4 heteroatoms. The van der Waals surface area contributed by atoms with Crippen LogP contribution in [0.4, 0.5) is 11.4 Å². The number of rotatable bonds is 2. The van der Waals surface area contributed by atoms with E-state index in [1.807, 2.05) is 0 Å². The molecule has 3 rings (SSSR count). The monoisotopic (exact) mass is 350 g/mol. The van der Waals surface area contributed by atoms with E-state index in [9.17, 15) is 0 Å². The highest BCUT2D eigenvalue weighted by atomic mass is 16.6. The van der Waals surface area contributed by atoms with Gasteiger partial charge in [-0.15, -0.1) is 0 Å². The number of nitrogens with zero attached hydrogens (tertiary/aromatic N) is 2. The molecule has 26 heavy (non-hydrogen) atoms. The first kappa shape index (κ1) is 18.2. The summed E-state index contributed by atoms with van der Waals surface area (Å²) < 4.78 is 11.6. The summed E-state index contributed by atoms with van der Waals surface area (Å²) in [6, 6.07) is 8.50. The molecule has 0 aromatic heterocycles. The Morgan fingerprint density at radius 2 is 0.885 bits per heavy atom. The van der Waals surface area contributed by atoms with Crippen molar-refractivity contribution in [3.05, 3.63) is 57.6 Å². The Hall–Kier alpha value is -2.62. The molecule has 0 unspecified atom stereocenters. The van der Waals surface area contributed by atoms with Crippen molar-refractivity contribution in [1.82, 2.24) is 0 Å². The summed E-state index contributed by atoms with van der Waals surface area (Å²) in [5, 5.41) is 0. The molecule has 136 valence electrons. The van der Waals surface area contributed by atoms with E-state index < -0.39 is 0 Å². The molecule has 0 N–H and O–H groups in total. The van der Waals surface area contributed by atoms with Crippen molar-refractivity contribution in [2.24, 2.45) is 9.98 Å². The molecule has 4 nitrogen and oxygen atoms in total. The van der Waals surface area contributed by atoms with Crippen molar-refractivity contribution in [2.75, 3.05) is 13.2 Å². The van der Waals surface area contributed by atoms with Gasteiger partial charge < -0.3 is 9.47 Å². The Labute approximate surface area is 155 Å². The number of ether oxygens (including phenoxy) is 2. The number of aryl methyl sites for hydroxylation is 6. The number of benzene rings is 2. The summed E-state index contributed by atoms with van der Waals surface area (Å²) in [4.78, 5) is 9.50. The van der Waals surface area contributed by atoms with Crippen LogP contribution in [-0.4, -0.2) is 25.0 Å². The van der Waals surface area contributed by atoms with Gasteiger partial charge in [-0.1, -0.05) is 35.4 Å². The summed E-state index contributed by atoms with van der Waals surface area (Å²) in [6.45, 7) is 13.4. The molecule has 1 heterocycles. The van der Waals surface area contributed by atoms with E-state index in [0.29, 0.717) is 25.0 Å². The summed E-state index contributed by atoms with van der Waals surface area (Å²) in [5.74, 6) is 0.899. The fourth-order valence-corrected chi connectivity index (χ4v) is 3.46. The summed E-state index contributed by atoms with van der Waals surface area (Å²) in [6.07, 6.45) is 0. The third-order valence-electron chi connectivity index (χ3n) is 4.44. The maximum absolute atomic E-state index is 5.80. The average Bonchev–Trinajstić information content (AvgIpc) is 2.55. The van der Waals surface area contributed by atoms with Crippen LogP contribution >= 0.6 is 0 Å². The Bertz CT molecular complexity index is 789. The van der Waals surface area contributed by atoms with Gasteiger partial charge in [0.1, 0.15) is 13.2 Å². The summed E-state index contributed by atoms with van der Waals surface area (Å²) >= 11 is 0. The number of hydrogen-bond acceptors (Lipinski definition) is 4. The van der Waals surface area contributed by atoms with E-state index in [1.165, 1.54) is 11.1 Å². The van der Waals surface area contributed by atoms with Crippen molar-refractivity contribution >= 4 is 23.2 Å². The highest BCUT2D eigenvalue weighted by molar-refractivity contribution is 6.36. The van der Waals surface area contributed by atoms with Crippen LogP contribution < -0.4 is 0 Å². The second-order valence-corrected chi connectivity index (χ2v) is 7.03. The van der Waals surface area contributed by atoms with Crippen molar-refractivity contribution in [1.29, 1.82) is 0 Å². The Morgan fingerprint density at radius 1 is 0.577 bits per heavy atom. The van der Waals surface area contributed by atoms with Crippen molar-refractivity contribution in [2.45, 2.75) is 41.5 Å². The third-order valence-corrected chi connectivity index (χ3v) is 4.44. The molecule has 1 fully saturated rings. The first-order valence-electron chi connectivity index (χ1n) is 8.94. The standard InChI is InChI=1S/C22H26N2O2/c1-13-9-15(3)19(16(4)10-13)23-21-22(26-8-7-25-21)24-20-17(5)11-14(2)12-18(20)6/h9-12H,7-8H2,1-6H3. The minimum Gasteiger partial charge on any atom is -0.470 e. The van der Waals surface area contributed by atoms with Gasteiger partial charge >= 0.3 is 0 Å². The van der Waals surface area contributed by atoms with Crippen LogP contribution in [0, 0.1) is 41.5 Å². The van der Waals surface area contributed by atoms with Crippen LogP contribution in [0.5, 0.6) is 0 Å². The molecule has 2 aromatic rings. The van der Waals surface area contributed by atoms with E-state index in [2.05, 4.69) is 65.8 Å². The summed E-state index contributed by atoms with van der Waals surface area (Å²) in [7, 11) is 0. The van der Waals surface area contributed by atoms with E-state index in [-0.39, 0.29) is 0 Å². The fourth-order valence-electron chi connectivity index (χ4n) is 3.46. The lowest BCUT2D eigenvalue weighted by Gasteiger charge is -2.19. The van der Waals surface area contributed by atoms with Crippen LogP contribution in [0.2, 0.25) is 0 Å². The third kappa shape index (κ3) is 3.79. The Morgan fingerprint density at radius 3 is 1.19 bits per heavy atom. The number of aliphatic imine (C=N–C) groups is 2. The highest BCUT2D eigenvalue weighted by Gasteiger charge is 2.20. The smallest absolute Gasteiger partial charge is 0.278 e. The van der Waals surface area contributed by atoms with Crippen molar-refractivity contribution < 1.29 is 9.47 Å². The second kappa shape index (κ2) is 7.32. The molecule has 1 aliphatic rings. The highest BCUT2D eigenvalue weighted by Crippen LogP contribution is 2.28. The van der Waals surface area contributed by atoms with Crippen LogP contribution in [0.3, 0.4) is 0 Å². The molecule has 0 atom stereocenters. The molecule has 2 aromatic carbocycles. The van der Waals surface area contributed by atoms with Gasteiger partial charge in [0.15, 0.2) is 0 Å². The first-order valence-corrected chi connectivity index (χ1v) is 8.94. The number of hydrogen-bond donors (Lipinski definition) is 0. The van der Waals surface area contributed by atoms with Crippen molar-refractivity contribution in [3.8, 4) is 0 Å². The lowest BCUT2D eigenvalue weighted by atomic mass is 10.1. The Kier molecular flexibility index (Phi) is 5.12. The fraction of sp³-hybridized carbons (Fsp3) is 0.364. The predicted molar refractivity (Wildman–Crippen MR) is 107 cm³/mol. The van der Waals surface area contributed by atoms with Crippen LogP contribution in [0.15, 0.2) is 34.3 Å².